The van der Waals surface area contributed by atoms with Crippen LogP contribution in [0.1, 0.15) is 22.0 Å². The van der Waals surface area contributed by atoms with Crippen LogP contribution in [0.25, 0.3) is 5.69 Å². The van der Waals surface area contributed by atoms with Gasteiger partial charge in [0.15, 0.2) is 0 Å². The average Bonchev–Trinajstić information content (AvgIpc) is 3.07. The van der Waals surface area contributed by atoms with E-state index < -0.39 is 0 Å². The van der Waals surface area contributed by atoms with E-state index in [1.165, 1.54) is 5.56 Å². The van der Waals surface area contributed by atoms with Crippen LogP contribution in [0, 0.1) is 6.92 Å². The first-order valence-electron chi connectivity index (χ1n) is 6.26. The van der Waals surface area contributed by atoms with Crippen LogP contribution in [-0.2, 0) is 0 Å². The van der Waals surface area contributed by atoms with E-state index in [1.807, 2.05) is 47.4 Å². The molecule has 0 spiro atoms. The summed E-state index contributed by atoms with van der Waals surface area (Å²) in [5, 5.41) is 4.39. The smallest absolute Gasteiger partial charge is 0.0731 e. The lowest BCUT2D eigenvalue weighted by molar-refractivity contribution is 0.871. The summed E-state index contributed by atoms with van der Waals surface area (Å²) in [4.78, 5) is 1.14. The lowest BCUT2D eigenvalue weighted by Crippen LogP contribution is -2.09. The highest BCUT2D eigenvalue weighted by Crippen LogP contribution is 2.33. The lowest BCUT2D eigenvalue weighted by Gasteiger charge is -2.06. The molecule has 0 aliphatic heterocycles. The SMILES string of the molecule is Cc1cc(C(N)c2cnn(-c3ccccc3)c2)sc1Br. The number of benzene rings is 1. The summed E-state index contributed by atoms with van der Waals surface area (Å²) in [6.07, 6.45) is 3.82. The molecule has 1 unspecified atom stereocenters. The number of aryl methyl sites for hydroxylation is 1. The first-order chi connectivity index (χ1) is 9.65. The van der Waals surface area contributed by atoms with Crippen LogP contribution in [0.5, 0.6) is 0 Å². The van der Waals surface area contributed by atoms with Gasteiger partial charge in [0.05, 0.1) is 21.7 Å². The predicted molar refractivity (Wildman–Crippen MR) is 86.4 cm³/mol. The quantitative estimate of drug-likeness (QED) is 0.776. The second-order valence-corrected chi connectivity index (χ2v) is 7.04. The van der Waals surface area contributed by atoms with Gasteiger partial charge in [0.2, 0.25) is 0 Å². The molecule has 3 rings (SSSR count). The Hall–Kier alpha value is -1.43. The van der Waals surface area contributed by atoms with Gasteiger partial charge in [-0.1, -0.05) is 18.2 Å². The van der Waals surface area contributed by atoms with Gasteiger partial charge in [-0.25, -0.2) is 4.68 Å². The van der Waals surface area contributed by atoms with Gasteiger partial charge >= 0.3 is 0 Å². The van der Waals surface area contributed by atoms with Gasteiger partial charge in [-0.05, 0) is 46.6 Å². The Morgan fingerprint density at radius 2 is 2.05 bits per heavy atom. The molecule has 2 N–H and O–H groups in total. The van der Waals surface area contributed by atoms with Crippen LogP contribution in [0.2, 0.25) is 0 Å². The number of halogens is 1. The number of thiophene rings is 1. The van der Waals surface area contributed by atoms with Crippen LogP contribution in [0.3, 0.4) is 0 Å². The molecule has 1 aromatic carbocycles. The van der Waals surface area contributed by atoms with E-state index in [-0.39, 0.29) is 6.04 Å². The molecule has 3 aromatic rings. The number of para-hydroxylation sites is 1. The molecule has 0 fully saturated rings. The molecule has 2 aromatic heterocycles. The van der Waals surface area contributed by atoms with Gasteiger partial charge in [-0.15, -0.1) is 11.3 Å². The number of nitrogens with zero attached hydrogens (tertiary/aromatic N) is 2. The summed E-state index contributed by atoms with van der Waals surface area (Å²) in [5.41, 5.74) is 9.60. The first-order valence-corrected chi connectivity index (χ1v) is 7.87. The summed E-state index contributed by atoms with van der Waals surface area (Å²) in [6.45, 7) is 2.07. The van der Waals surface area contributed by atoms with Gasteiger partial charge in [0.1, 0.15) is 0 Å². The maximum Gasteiger partial charge on any atom is 0.0731 e. The van der Waals surface area contributed by atoms with Crippen molar-refractivity contribution < 1.29 is 0 Å². The normalized spacial score (nSPS) is 12.6. The Bertz CT molecular complexity index is 698. The van der Waals surface area contributed by atoms with E-state index in [1.54, 1.807) is 11.3 Å². The largest absolute Gasteiger partial charge is 0.320 e. The van der Waals surface area contributed by atoms with Crippen molar-refractivity contribution in [3.05, 3.63) is 68.6 Å². The molecule has 0 saturated heterocycles. The molecule has 0 aliphatic carbocycles. The molecule has 0 bridgehead atoms. The first kappa shape index (κ1) is 13.5. The van der Waals surface area contributed by atoms with E-state index >= 15 is 0 Å². The number of aromatic nitrogens is 2. The van der Waals surface area contributed by atoms with Gasteiger partial charge in [0.25, 0.3) is 0 Å². The molecule has 20 heavy (non-hydrogen) atoms. The lowest BCUT2D eigenvalue weighted by atomic mass is 10.1. The Morgan fingerprint density at radius 3 is 2.70 bits per heavy atom. The van der Waals surface area contributed by atoms with E-state index in [2.05, 4.69) is 34.0 Å². The highest BCUT2D eigenvalue weighted by Gasteiger charge is 2.15. The minimum atomic E-state index is -0.137. The van der Waals surface area contributed by atoms with Crippen molar-refractivity contribution in [3.8, 4) is 5.69 Å². The van der Waals surface area contributed by atoms with Gasteiger partial charge < -0.3 is 5.73 Å². The molecule has 0 saturated carbocycles. The van der Waals surface area contributed by atoms with Crippen molar-refractivity contribution in [3.63, 3.8) is 0 Å². The molecular weight excluding hydrogens is 334 g/mol. The Morgan fingerprint density at radius 1 is 1.30 bits per heavy atom. The van der Waals surface area contributed by atoms with Crippen LogP contribution in [-0.4, -0.2) is 9.78 Å². The third-order valence-electron chi connectivity index (χ3n) is 3.17. The molecule has 3 nitrogen and oxygen atoms in total. The van der Waals surface area contributed by atoms with Crippen molar-refractivity contribution in [1.82, 2.24) is 9.78 Å². The topological polar surface area (TPSA) is 43.8 Å². The zero-order valence-corrected chi connectivity index (χ0v) is 13.4. The highest BCUT2D eigenvalue weighted by atomic mass is 79.9. The zero-order chi connectivity index (χ0) is 14.1. The summed E-state index contributed by atoms with van der Waals surface area (Å²) in [6, 6.07) is 12.0. The van der Waals surface area contributed by atoms with Gasteiger partial charge in [-0.2, -0.15) is 5.10 Å². The molecule has 2 heterocycles. The maximum absolute atomic E-state index is 6.33. The van der Waals surface area contributed by atoms with E-state index in [9.17, 15) is 0 Å². The minimum Gasteiger partial charge on any atom is -0.320 e. The van der Waals surface area contributed by atoms with E-state index in [0.717, 1.165) is 19.9 Å². The fourth-order valence-corrected chi connectivity index (χ4v) is 3.62. The standard InChI is InChI=1S/C15H14BrN3S/c1-10-7-13(20-15(10)16)14(17)11-8-18-19(9-11)12-5-3-2-4-6-12/h2-9,14H,17H2,1H3. The summed E-state index contributed by atoms with van der Waals surface area (Å²) in [5.74, 6) is 0. The third kappa shape index (κ3) is 2.57. The van der Waals surface area contributed by atoms with Gasteiger partial charge in [-0.3, -0.25) is 0 Å². The zero-order valence-electron chi connectivity index (χ0n) is 11.0. The van der Waals surface area contributed by atoms with Crippen LogP contribution in [0.15, 0.2) is 52.6 Å². The van der Waals surface area contributed by atoms with Crippen LogP contribution < -0.4 is 5.73 Å². The highest BCUT2D eigenvalue weighted by molar-refractivity contribution is 9.11. The monoisotopic (exact) mass is 347 g/mol. The average molecular weight is 348 g/mol. The minimum absolute atomic E-state index is 0.137. The Kier molecular flexibility index (Phi) is 3.74. The third-order valence-corrected chi connectivity index (χ3v) is 5.38. The number of nitrogens with two attached hydrogens (primary N) is 1. The van der Waals surface area contributed by atoms with Crippen molar-refractivity contribution in [2.75, 3.05) is 0 Å². The van der Waals surface area contributed by atoms with Gasteiger partial charge in [0, 0.05) is 16.6 Å². The number of hydrogen-bond acceptors (Lipinski definition) is 3. The predicted octanol–water partition coefficient (Wildman–Crippen LogP) is 4.05. The Balaban J connectivity index is 1.90. The fraction of sp³-hybridized carbons (Fsp3) is 0.133. The van der Waals surface area contributed by atoms with E-state index in [0.29, 0.717) is 0 Å². The fourth-order valence-electron chi connectivity index (χ4n) is 2.02. The van der Waals surface area contributed by atoms with Crippen molar-refractivity contribution in [2.24, 2.45) is 5.73 Å². The Labute approximate surface area is 130 Å². The summed E-state index contributed by atoms with van der Waals surface area (Å²) < 4.78 is 2.99. The van der Waals surface area contributed by atoms with Crippen molar-refractivity contribution in [1.29, 1.82) is 0 Å². The maximum atomic E-state index is 6.33. The molecule has 102 valence electrons. The second-order valence-electron chi connectivity index (χ2n) is 4.64. The number of hydrogen-bond donors (Lipinski definition) is 1. The van der Waals surface area contributed by atoms with E-state index in [4.69, 9.17) is 5.73 Å². The summed E-state index contributed by atoms with van der Waals surface area (Å²) >= 11 is 5.22. The van der Waals surface area contributed by atoms with Crippen molar-refractivity contribution in [2.45, 2.75) is 13.0 Å². The van der Waals surface area contributed by atoms with Crippen LogP contribution in [0.4, 0.5) is 0 Å². The molecule has 0 radical (unpaired) electrons. The molecule has 0 aliphatic rings. The van der Waals surface area contributed by atoms with Crippen LogP contribution >= 0.6 is 27.3 Å². The number of rotatable bonds is 3. The molecule has 0 amide bonds. The summed E-state index contributed by atoms with van der Waals surface area (Å²) in [7, 11) is 0. The van der Waals surface area contributed by atoms with Crippen molar-refractivity contribution >= 4 is 27.3 Å². The molecular formula is C15H14BrN3S. The second kappa shape index (κ2) is 5.52. The molecule has 5 heteroatoms. The molecule has 1 atom stereocenters.